The van der Waals surface area contributed by atoms with Gasteiger partial charge in [-0.15, -0.1) is 0 Å². The number of carbonyl (C=O) groups excluding carboxylic acids is 2. The summed E-state index contributed by atoms with van der Waals surface area (Å²) in [5.41, 5.74) is 1.62. The summed E-state index contributed by atoms with van der Waals surface area (Å²) in [4.78, 5) is 28.0. The molecule has 0 saturated carbocycles. The van der Waals surface area contributed by atoms with Crippen molar-refractivity contribution in [1.29, 1.82) is 0 Å². The first-order valence-electron chi connectivity index (χ1n) is 10.3. The Balaban J connectivity index is 1.61. The second kappa shape index (κ2) is 8.44. The van der Waals surface area contributed by atoms with Gasteiger partial charge in [-0.25, -0.2) is 13.1 Å². The lowest BCUT2D eigenvalue weighted by atomic mass is 9.92. The number of nitrogens with one attached hydrogen (secondary N) is 1. The molecule has 3 atom stereocenters. The third-order valence-electron chi connectivity index (χ3n) is 5.77. The van der Waals surface area contributed by atoms with Gasteiger partial charge in [-0.05, 0) is 55.4 Å². The Morgan fingerprint density at radius 3 is 2.41 bits per heavy atom. The van der Waals surface area contributed by atoms with Gasteiger partial charge in [0.25, 0.3) is 0 Å². The Morgan fingerprint density at radius 2 is 1.79 bits per heavy atom. The standard InChI is InChI=1S/C21H31N3O4S/c1-14-9-15(2)13-23(12-14)21(26)7-8-22-29(27,28)19-5-6-20-18(11-19)10-16(3)24(20)17(4)25/h5-6,11,14-16,22H,7-10,12-13H2,1-4H3/t14-,15-,16-/m1/s1. The van der Waals surface area contributed by atoms with Crippen LogP contribution in [0.25, 0.3) is 0 Å². The van der Waals surface area contributed by atoms with Crippen molar-refractivity contribution in [1.82, 2.24) is 9.62 Å². The molecule has 8 heteroatoms. The lowest BCUT2D eigenvalue weighted by Crippen LogP contribution is -2.43. The Hall–Kier alpha value is -1.93. The molecule has 160 valence electrons. The van der Waals surface area contributed by atoms with E-state index in [2.05, 4.69) is 18.6 Å². The van der Waals surface area contributed by atoms with E-state index in [1.165, 1.54) is 13.0 Å². The molecular formula is C21H31N3O4S. The van der Waals surface area contributed by atoms with Gasteiger partial charge < -0.3 is 9.80 Å². The molecule has 0 unspecified atom stereocenters. The van der Waals surface area contributed by atoms with Gasteiger partial charge in [0.2, 0.25) is 21.8 Å². The number of benzene rings is 1. The van der Waals surface area contributed by atoms with Crippen LogP contribution in [0.5, 0.6) is 0 Å². The number of likely N-dealkylation sites (tertiary alicyclic amines) is 1. The second-order valence-corrected chi connectivity index (χ2v) is 10.4. The van der Waals surface area contributed by atoms with Crippen molar-refractivity contribution >= 4 is 27.5 Å². The van der Waals surface area contributed by atoms with Gasteiger partial charge in [0.05, 0.1) is 4.90 Å². The predicted octanol–water partition coefficient (Wildman–Crippen LogP) is 2.16. The summed E-state index contributed by atoms with van der Waals surface area (Å²) >= 11 is 0. The molecule has 1 aromatic carbocycles. The molecule has 0 aromatic heterocycles. The van der Waals surface area contributed by atoms with Gasteiger partial charge in [-0.2, -0.15) is 0 Å². The Bertz CT molecular complexity index is 889. The molecule has 2 aliphatic heterocycles. The number of amides is 2. The highest BCUT2D eigenvalue weighted by molar-refractivity contribution is 7.89. The van der Waals surface area contributed by atoms with Gasteiger partial charge in [-0.1, -0.05) is 13.8 Å². The van der Waals surface area contributed by atoms with Gasteiger partial charge >= 0.3 is 0 Å². The fraction of sp³-hybridized carbons (Fsp3) is 0.619. The number of anilines is 1. The number of carbonyl (C=O) groups is 2. The molecule has 0 radical (unpaired) electrons. The summed E-state index contributed by atoms with van der Waals surface area (Å²) in [6, 6.07) is 4.86. The van der Waals surface area contributed by atoms with Crippen LogP contribution < -0.4 is 9.62 Å². The fourth-order valence-electron chi connectivity index (χ4n) is 4.65. The second-order valence-electron chi connectivity index (χ2n) is 8.63. The predicted molar refractivity (Wildman–Crippen MR) is 112 cm³/mol. The molecule has 1 N–H and O–H groups in total. The van der Waals surface area contributed by atoms with Crippen LogP contribution in [0.1, 0.15) is 46.1 Å². The normalized spacial score (nSPS) is 24.5. The molecule has 1 aromatic rings. The minimum absolute atomic E-state index is 0.00835. The molecule has 0 bridgehead atoms. The Labute approximate surface area is 173 Å². The highest BCUT2D eigenvalue weighted by atomic mass is 32.2. The van der Waals surface area contributed by atoms with Gasteiger partial charge in [0.15, 0.2) is 0 Å². The van der Waals surface area contributed by atoms with E-state index < -0.39 is 10.0 Å². The average molecular weight is 422 g/mol. The minimum Gasteiger partial charge on any atom is -0.342 e. The van der Waals surface area contributed by atoms with Crippen LogP contribution in [0.15, 0.2) is 23.1 Å². The topological polar surface area (TPSA) is 86.8 Å². The monoisotopic (exact) mass is 421 g/mol. The maximum atomic E-state index is 12.7. The van der Waals surface area contributed by atoms with Crippen molar-refractivity contribution in [2.75, 3.05) is 24.5 Å². The minimum atomic E-state index is -3.71. The highest BCUT2D eigenvalue weighted by Gasteiger charge is 2.30. The summed E-state index contributed by atoms with van der Waals surface area (Å²) in [6.45, 7) is 9.30. The molecule has 29 heavy (non-hydrogen) atoms. The third-order valence-corrected chi connectivity index (χ3v) is 7.23. The lowest BCUT2D eigenvalue weighted by Gasteiger charge is -2.35. The summed E-state index contributed by atoms with van der Waals surface area (Å²) in [5, 5.41) is 0. The molecule has 7 nitrogen and oxygen atoms in total. The van der Waals surface area contributed by atoms with Crippen LogP contribution >= 0.6 is 0 Å². The quantitative estimate of drug-likeness (QED) is 0.789. The molecule has 2 heterocycles. The van der Waals surface area contributed by atoms with Crippen LogP contribution in [0, 0.1) is 11.8 Å². The van der Waals surface area contributed by atoms with E-state index in [9.17, 15) is 18.0 Å². The van der Waals surface area contributed by atoms with E-state index in [0.717, 1.165) is 30.8 Å². The first kappa shape index (κ1) is 21.8. The summed E-state index contributed by atoms with van der Waals surface area (Å²) < 4.78 is 27.9. The van der Waals surface area contributed by atoms with Gasteiger partial charge in [0, 0.05) is 44.7 Å². The van der Waals surface area contributed by atoms with Crippen LogP contribution in [0.4, 0.5) is 5.69 Å². The van der Waals surface area contributed by atoms with E-state index in [1.54, 1.807) is 17.0 Å². The number of fused-ring (bicyclic) bond motifs is 1. The molecule has 3 rings (SSSR count). The van der Waals surface area contributed by atoms with Crippen molar-refractivity contribution in [2.45, 2.75) is 57.9 Å². The Kier molecular flexibility index (Phi) is 6.33. The summed E-state index contributed by atoms with van der Waals surface area (Å²) in [6.07, 6.45) is 1.90. The van der Waals surface area contributed by atoms with Crippen molar-refractivity contribution in [3.05, 3.63) is 23.8 Å². The first-order chi connectivity index (χ1) is 13.6. The zero-order valence-corrected chi connectivity index (χ0v) is 18.5. The largest absolute Gasteiger partial charge is 0.342 e. The zero-order chi connectivity index (χ0) is 21.3. The lowest BCUT2D eigenvalue weighted by molar-refractivity contribution is -0.133. The number of hydrogen-bond acceptors (Lipinski definition) is 4. The maximum absolute atomic E-state index is 12.7. The van der Waals surface area contributed by atoms with E-state index >= 15 is 0 Å². The fourth-order valence-corrected chi connectivity index (χ4v) is 5.74. The molecule has 0 spiro atoms. The SMILES string of the molecule is CC(=O)N1c2ccc(S(=O)(=O)NCCC(=O)N3C[C@H](C)C[C@@H](C)C3)cc2C[C@H]1C. The van der Waals surface area contributed by atoms with E-state index in [1.807, 2.05) is 11.8 Å². The Morgan fingerprint density at radius 1 is 1.14 bits per heavy atom. The highest BCUT2D eigenvalue weighted by Crippen LogP contribution is 2.33. The van der Waals surface area contributed by atoms with Crippen LogP contribution in [-0.4, -0.2) is 50.8 Å². The number of piperidine rings is 1. The van der Waals surface area contributed by atoms with Gasteiger partial charge in [0.1, 0.15) is 0 Å². The van der Waals surface area contributed by atoms with Crippen LogP contribution in [0.2, 0.25) is 0 Å². The number of hydrogen-bond donors (Lipinski definition) is 1. The summed E-state index contributed by atoms with van der Waals surface area (Å²) in [7, 11) is -3.71. The van der Waals surface area contributed by atoms with E-state index in [4.69, 9.17) is 0 Å². The van der Waals surface area contributed by atoms with Crippen LogP contribution in [-0.2, 0) is 26.0 Å². The van der Waals surface area contributed by atoms with Crippen molar-refractivity contribution in [3.8, 4) is 0 Å². The molecular weight excluding hydrogens is 390 g/mol. The van der Waals surface area contributed by atoms with E-state index in [-0.39, 0.29) is 35.7 Å². The van der Waals surface area contributed by atoms with Crippen molar-refractivity contribution in [3.63, 3.8) is 0 Å². The molecule has 1 saturated heterocycles. The molecule has 2 aliphatic rings. The van der Waals surface area contributed by atoms with E-state index in [0.29, 0.717) is 18.3 Å². The van der Waals surface area contributed by atoms with Crippen LogP contribution in [0.3, 0.4) is 0 Å². The zero-order valence-electron chi connectivity index (χ0n) is 17.6. The average Bonchev–Trinajstić information content (AvgIpc) is 2.95. The molecule has 1 fully saturated rings. The number of nitrogens with zero attached hydrogens (tertiary/aromatic N) is 2. The summed E-state index contributed by atoms with van der Waals surface area (Å²) in [5.74, 6) is 0.890. The molecule has 0 aliphatic carbocycles. The maximum Gasteiger partial charge on any atom is 0.240 e. The smallest absolute Gasteiger partial charge is 0.240 e. The van der Waals surface area contributed by atoms with Gasteiger partial charge in [-0.3, -0.25) is 9.59 Å². The number of rotatable bonds is 5. The third kappa shape index (κ3) is 4.80. The van der Waals surface area contributed by atoms with Crippen molar-refractivity contribution in [2.24, 2.45) is 11.8 Å². The van der Waals surface area contributed by atoms with Crippen molar-refractivity contribution < 1.29 is 18.0 Å². The number of sulfonamides is 1. The first-order valence-corrected chi connectivity index (χ1v) is 11.8. The molecule has 2 amide bonds.